The van der Waals surface area contributed by atoms with Crippen LogP contribution in [0.5, 0.6) is 11.5 Å². The van der Waals surface area contributed by atoms with Crippen LogP contribution in [0.4, 0.5) is 13.2 Å². The van der Waals surface area contributed by atoms with Crippen molar-refractivity contribution in [3.05, 3.63) is 59.2 Å². The first-order valence-electron chi connectivity index (χ1n) is 6.81. The molecule has 3 nitrogen and oxygen atoms in total. The molecule has 0 fully saturated rings. The Balaban J connectivity index is 2.24. The van der Waals surface area contributed by atoms with Crippen LogP contribution in [0.25, 0.3) is 0 Å². The van der Waals surface area contributed by atoms with Crippen LogP contribution < -0.4 is 4.74 Å². The zero-order chi connectivity index (χ0) is 17.7. The average Bonchev–Trinajstić information content (AvgIpc) is 2.53. The van der Waals surface area contributed by atoms with Crippen LogP contribution in [0, 0.1) is 11.3 Å². The van der Waals surface area contributed by atoms with Crippen LogP contribution in [-0.4, -0.2) is 5.12 Å². The highest BCUT2D eigenvalue weighted by Gasteiger charge is 2.30. The van der Waals surface area contributed by atoms with Gasteiger partial charge in [-0.2, -0.15) is 18.4 Å². The Morgan fingerprint density at radius 2 is 2.00 bits per heavy atom. The molecule has 0 bridgehead atoms. The van der Waals surface area contributed by atoms with Crippen LogP contribution in [-0.2, 0) is 16.7 Å². The van der Waals surface area contributed by atoms with Gasteiger partial charge < -0.3 is 4.74 Å². The number of benzene rings is 2. The fourth-order valence-corrected chi connectivity index (χ4v) is 2.44. The van der Waals surface area contributed by atoms with Gasteiger partial charge >= 0.3 is 6.18 Å². The smallest absolute Gasteiger partial charge is 0.416 e. The van der Waals surface area contributed by atoms with Gasteiger partial charge in [-0.3, -0.25) is 4.79 Å². The highest BCUT2D eigenvalue weighted by Crippen LogP contribution is 2.33. The summed E-state index contributed by atoms with van der Waals surface area (Å²) >= 11 is 1.10. The van der Waals surface area contributed by atoms with Crippen LogP contribution in [0.3, 0.4) is 0 Å². The van der Waals surface area contributed by atoms with Crippen molar-refractivity contribution < 1.29 is 22.7 Å². The lowest BCUT2D eigenvalue weighted by Gasteiger charge is -2.11. The number of nitriles is 1. The molecule has 24 heavy (non-hydrogen) atoms. The van der Waals surface area contributed by atoms with Crippen molar-refractivity contribution in [2.24, 2.45) is 0 Å². The third kappa shape index (κ3) is 4.77. The summed E-state index contributed by atoms with van der Waals surface area (Å²) in [6.07, 6.45) is -4.47. The molecule has 0 aliphatic carbocycles. The minimum atomic E-state index is -4.47. The minimum Gasteiger partial charge on any atom is -0.456 e. The molecule has 0 aliphatic rings. The first-order chi connectivity index (χ1) is 11.3. The maximum atomic E-state index is 12.7. The molecule has 0 saturated heterocycles. The number of carbonyl (C=O) groups is 1. The summed E-state index contributed by atoms with van der Waals surface area (Å²) in [6, 6.07) is 11.1. The topological polar surface area (TPSA) is 50.1 Å². The molecular weight excluding hydrogens is 339 g/mol. The first kappa shape index (κ1) is 17.9. The number of carbonyl (C=O) groups excluding carboxylic acids is 1. The molecule has 0 unspecified atom stereocenters. The molecule has 124 valence electrons. The molecule has 0 N–H and O–H groups in total. The van der Waals surface area contributed by atoms with Gasteiger partial charge in [0.2, 0.25) is 0 Å². The van der Waals surface area contributed by atoms with E-state index in [1.165, 1.54) is 25.1 Å². The Hall–Kier alpha value is -2.46. The molecule has 0 spiro atoms. The number of hydrogen-bond acceptors (Lipinski definition) is 4. The van der Waals surface area contributed by atoms with E-state index >= 15 is 0 Å². The van der Waals surface area contributed by atoms with Crippen molar-refractivity contribution >= 4 is 16.9 Å². The lowest BCUT2D eigenvalue weighted by atomic mass is 10.1. The molecule has 0 radical (unpaired) electrons. The number of alkyl halides is 3. The van der Waals surface area contributed by atoms with Crippen LogP contribution in [0.15, 0.2) is 42.5 Å². The van der Waals surface area contributed by atoms with Gasteiger partial charge in [-0.15, -0.1) is 0 Å². The second-order valence-electron chi connectivity index (χ2n) is 4.85. The molecule has 2 aromatic carbocycles. The van der Waals surface area contributed by atoms with Crippen molar-refractivity contribution in [1.82, 2.24) is 0 Å². The summed E-state index contributed by atoms with van der Waals surface area (Å²) in [4.78, 5) is 11.0. The lowest BCUT2D eigenvalue weighted by molar-refractivity contribution is -0.137. The van der Waals surface area contributed by atoms with Gasteiger partial charge in [-0.25, -0.2) is 0 Å². The molecular formula is C17H12F3NO2S. The minimum absolute atomic E-state index is 0.00724. The largest absolute Gasteiger partial charge is 0.456 e. The van der Waals surface area contributed by atoms with Gasteiger partial charge in [0, 0.05) is 12.7 Å². The Morgan fingerprint density at radius 1 is 1.25 bits per heavy atom. The maximum absolute atomic E-state index is 12.7. The van der Waals surface area contributed by atoms with E-state index in [-0.39, 0.29) is 22.2 Å². The highest BCUT2D eigenvalue weighted by molar-refractivity contribution is 8.12. The molecule has 2 rings (SSSR count). The number of ether oxygens (including phenoxy) is 1. The molecule has 2 aromatic rings. The van der Waals surface area contributed by atoms with E-state index in [9.17, 15) is 23.2 Å². The van der Waals surface area contributed by atoms with Gasteiger partial charge in [0.25, 0.3) is 0 Å². The third-order valence-electron chi connectivity index (χ3n) is 3.00. The normalized spacial score (nSPS) is 11.0. The van der Waals surface area contributed by atoms with Crippen LogP contribution in [0.2, 0.25) is 0 Å². The zero-order valence-electron chi connectivity index (χ0n) is 12.6. The van der Waals surface area contributed by atoms with Crippen molar-refractivity contribution in [1.29, 1.82) is 5.26 Å². The predicted molar refractivity (Wildman–Crippen MR) is 84.7 cm³/mol. The predicted octanol–water partition coefficient (Wildman–Crippen LogP) is 5.15. The van der Waals surface area contributed by atoms with E-state index in [2.05, 4.69) is 0 Å². The van der Waals surface area contributed by atoms with Crippen molar-refractivity contribution in [2.75, 3.05) is 0 Å². The van der Waals surface area contributed by atoms with Crippen LogP contribution in [0.1, 0.15) is 23.6 Å². The van der Waals surface area contributed by atoms with Crippen molar-refractivity contribution in [3.63, 3.8) is 0 Å². The van der Waals surface area contributed by atoms with E-state index < -0.39 is 11.7 Å². The summed E-state index contributed by atoms with van der Waals surface area (Å²) in [5.41, 5.74) is 0.116. The first-order valence-corrected chi connectivity index (χ1v) is 7.79. The number of hydrogen-bond donors (Lipinski definition) is 0. The fraction of sp³-hybridized carbons (Fsp3) is 0.176. The molecule has 0 saturated carbocycles. The SMILES string of the molecule is CC(=O)SCc1ccc(Oc2cccc(C(F)(F)F)c2)c(C#N)c1. The molecule has 0 aromatic heterocycles. The third-order valence-corrected chi connectivity index (χ3v) is 3.88. The fourth-order valence-electron chi connectivity index (χ4n) is 1.89. The van der Waals surface area contributed by atoms with E-state index in [1.807, 2.05) is 6.07 Å². The van der Waals surface area contributed by atoms with Crippen molar-refractivity contribution in [2.45, 2.75) is 18.9 Å². The van der Waals surface area contributed by atoms with Gasteiger partial charge in [0.15, 0.2) is 5.12 Å². The molecule has 0 atom stereocenters. The standard InChI is InChI=1S/C17H12F3NO2S/c1-11(22)24-10-12-5-6-16(13(7-12)9-21)23-15-4-2-3-14(8-15)17(18,19)20/h2-8H,10H2,1H3. The molecule has 7 heteroatoms. The monoisotopic (exact) mass is 351 g/mol. The lowest BCUT2D eigenvalue weighted by Crippen LogP contribution is -2.04. The van der Waals surface area contributed by atoms with E-state index in [0.717, 1.165) is 29.5 Å². The van der Waals surface area contributed by atoms with E-state index in [1.54, 1.807) is 12.1 Å². The van der Waals surface area contributed by atoms with Gasteiger partial charge in [0.05, 0.1) is 11.1 Å². The second kappa shape index (κ2) is 7.41. The second-order valence-corrected chi connectivity index (χ2v) is 6.00. The van der Waals surface area contributed by atoms with Gasteiger partial charge in [0.1, 0.15) is 17.6 Å². The zero-order valence-corrected chi connectivity index (χ0v) is 13.4. The van der Waals surface area contributed by atoms with Crippen LogP contribution >= 0.6 is 11.8 Å². The quantitative estimate of drug-likeness (QED) is 0.764. The van der Waals surface area contributed by atoms with Gasteiger partial charge in [-0.1, -0.05) is 23.9 Å². The van der Waals surface area contributed by atoms with Crippen molar-refractivity contribution in [3.8, 4) is 17.6 Å². The Bertz CT molecular complexity index is 797. The maximum Gasteiger partial charge on any atom is 0.416 e. The number of nitrogens with zero attached hydrogens (tertiary/aromatic N) is 1. The summed E-state index contributed by atoms with van der Waals surface area (Å²) in [7, 11) is 0. The summed E-state index contributed by atoms with van der Waals surface area (Å²) in [5.74, 6) is 0.564. The molecule has 0 aliphatic heterocycles. The average molecular weight is 351 g/mol. The molecule has 0 amide bonds. The Morgan fingerprint density at radius 3 is 2.62 bits per heavy atom. The highest BCUT2D eigenvalue weighted by atomic mass is 32.2. The summed E-state index contributed by atoms with van der Waals surface area (Å²) < 4.78 is 43.6. The Labute approximate surface area is 141 Å². The van der Waals surface area contributed by atoms with E-state index in [0.29, 0.717) is 5.75 Å². The summed E-state index contributed by atoms with van der Waals surface area (Å²) in [6.45, 7) is 1.45. The molecule has 0 heterocycles. The number of thioether (sulfide) groups is 1. The Kier molecular flexibility index (Phi) is 5.52. The van der Waals surface area contributed by atoms with Gasteiger partial charge in [-0.05, 0) is 35.9 Å². The number of rotatable bonds is 4. The van der Waals surface area contributed by atoms with E-state index in [4.69, 9.17) is 4.74 Å². The number of halogens is 3. The summed E-state index contributed by atoms with van der Waals surface area (Å²) in [5, 5.41) is 9.15.